The smallest absolute Gasteiger partial charge is 0.239 e. The molecular formula is C19H27ClN2O3. The fourth-order valence-corrected chi connectivity index (χ4v) is 3.80. The molecule has 2 aliphatic heterocycles. The lowest BCUT2D eigenvalue weighted by molar-refractivity contribution is -0.151. The third-order valence-corrected chi connectivity index (χ3v) is 5.23. The number of carbonyl (C=O) groups is 1. The van der Waals surface area contributed by atoms with E-state index in [0.717, 1.165) is 17.1 Å². The molecule has 0 aromatic heterocycles. The molecule has 2 fully saturated rings. The van der Waals surface area contributed by atoms with E-state index in [0.29, 0.717) is 26.2 Å². The molecule has 4 atom stereocenters. The average molecular weight is 367 g/mol. The Morgan fingerprint density at radius 3 is 2.44 bits per heavy atom. The second-order valence-corrected chi connectivity index (χ2v) is 7.52. The number of hydrogen-bond donors (Lipinski definition) is 0. The fourth-order valence-electron chi connectivity index (χ4n) is 3.68. The van der Waals surface area contributed by atoms with Gasteiger partial charge in [0.1, 0.15) is 0 Å². The van der Waals surface area contributed by atoms with Crippen LogP contribution in [0.15, 0.2) is 24.3 Å². The Bertz CT molecular complexity index is 585. The van der Waals surface area contributed by atoms with Gasteiger partial charge in [0.2, 0.25) is 5.91 Å². The first-order valence-electron chi connectivity index (χ1n) is 8.99. The highest BCUT2D eigenvalue weighted by Gasteiger charge is 2.33. The van der Waals surface area contributed by atoms with Crippen LogP contribution in [0.3, 0.4) is 0 Å². The summed E-state index contributed by atoms with van der Waals surface area (Å²) in [5.41, 5.74) is 1.10. The Morgan fingerprint density at radius 2 is 1.80 bits per heavy atom. The van der Waals surface area contributed by atoms with E-state index in [4.69, 9.17) is 21.1 Å². The number of carbonyl (C=O) groups excluding carboxylic acids is 1. The Hall–Kier alpha value is -1.14. The monoisotopic (exact) mass is 366 g/mol. The van der Waals surface area contributed by atoms with E-state index >= 15 is 0 Å². The molecule has 0 saturated carbocycles. The van der Waals surface area contributed by atoms with Crippen molar-refractivity contribution in [1.29, 1.82) is 0 Å². The van der Waals surface area contributed by atoms with Gasteiger partial charge in [-0.2, -0.15) is 0 Å². The maximum Gasteiger partial charge on any atom is 0.239 e. The largest absolute Gasteiger partial charge is 0.372 e. The van der Waals surface area contributed by atoms with Gasteiger partial charge in [0.15, 0.2) is 0 Å². The fraction of sp³-hybridized carbons (Fsp3) is 0.632. The normalized spacial score (nSPS) is 29.4. The molecule has 1 amide bonds. The molecule has 0 radical (unpaired) electrons. The highest BCUT2D eigenvalue weighted by molar-refractivity contribution is 6.30. The summed E-state index contributed by atoms with van der Waals surface area (Å²) in [6.07, 6.45) is 0.154. The van der Waals surface area contributed by atoms with Crippen LogP contribution in [0.25, 0.3) is 0 Å². The number of amides is 1. The Kier molecular flexibility index (Phi) is 6.00. The topological polar surface area (TPSA) is 42.0 Å². The summed E-state index contributed by atoms with van der Waals surface area (Å²) >= 11 is 5.97. The van der Waals surface area contributed by atoms with Crippen molar-refractivity contribution in [3.8, 4) is 0 Å². The van der Waals surface area contributed by atoms with Gasteiger partial charge in [-0.1, -0.05) is 23.7 Å². The van der Waals surface area contributed by atoms with Crippen LogP contribution in [0.4, 0.5) is 0 Å². The molecule has 0 aliphatic carbocycles. The van der Waals surface area contributed by atoms with Crippen LogP contribution < -0.4 is 0 Å². The Labute approximate surface area is 154 Å². The minimum Gasteiger partial charge on any atom is -0.372 e. The zero-order chi connectivity index (χ0) is 18.0. The van der Waals surface area contributed by atoms with Crippen LogP contribution in [0, 0.1) is 0 Å². The van der Waals surface area contributed by atoms with Crippen molar-refractivity contribution in [1.82, 2.24) is 9.80 Å². The number of nitrogens with zero attached hydrogens (tertiary/aromatic N) is 2. The lowest BCUT2D eigenvalue weighted by Crippen LogP contribution is -2.56. The van der Waals surface area contributed by atoms with E-state index in [-0.39, 0.29) is 30.3 Å². The minimum atomic E-state index is -0.156. The van der Waals surface area contributed by atoms with Crippen LogP contribution >= 0.6 is 11.6 Å². The van der Waals surface area contributed by atoms with E-state index in [1.165, 1.54) is 0 Å². The van der Waals surface area contributed by atoms with Crippen molar-refractivity contribution in [3.63, 3.8) is 0 Å². The van der Waals surface area contributed by atoms with Gasteiger partial charge >= 0.3 is 0 Å². The van der Waals surface area contributed by atoms with Gasteiger partial charge < -0.3 is 14.4 Å². The lowest BCUT2D eigenvalue weighted by Gasteiger charge is -2.41. The van der Waals surface area contributed by atoms with Crippen molar-refractivity contribution in [2.24, 2.45) is 0 Å². The standard InChI is InChI=1S/C19H27ClN2O3/c1-13-10-22(11-14(2)25-13)19(23)15(3)21-8-9-24-18(12-21)16-4-6-17(20)7-5-16/h4-7,13-15,18H,8-12H2,1-3H3/t13-,14-,15+,18+/m1/s1. The summed E-state index contributed by atoms with van der Waals surface area (Å²) in [5.74, 6) is 0.179. The highest BCUT2D eigenvalue weighted by atomic mass is 35.5. The first-order valence-corrected chi connectivity index (χ1v) is 9.37. The molecular weight excluding hydrogens is 340 g/mol. The number of hydrogen-bond acceptors (Lipinski definition) is 4. The maximum atomic E-state index is 12.9. The van der Waals surface area contributed by atoms with E-state index in [9.17, 15) is 4.79 Å². The van der Waals surface area contributed by atoms with Crippen molar-refractivity contribution < 1.29 is 14.3 Å². The van der Waals surface area contributed by atoms with Crippen LogP contribution in [-0.4, -0.2) is 66.7 Å². The van der Waals surface area contributed by atoms with E-state index in [1.54, 1.807) is 0 Å². The number of benzene rings is 1. The minimum absolute atomic E-state index is 0.0243. The van der Waals surface area contributed by atoms with Gasteiger partial charge in [-0.3, -0.25) is 9.69 Å². The first kappa shape index (κ1) is 18.6. The SMILES string of the molecule is C[C@@H]1CN(C(=O)[C@H](C)N2CCO[C@H](c3ccc(Cl)cc3)C2)C[C@@H](C)O1. The first-order chi connectivity index (χ1) is 11.9. The highest BCUT2D eigenvalue weighted by Crippen LogP contribution is 2.25. The van der Waals surface area contributed by atoms with Gasteiger partial charge in [0.25, 0.3) is 0 Å². The van der Waals surface area contributed by atoms with Gasteiger partial charge in [-0.05, 0) is 38.5 Å². The predicted molar refractivity (Wildman–Crippen MR) is 97.8 cm³/mol. The van der Waals surface area contributed by atoms with Gasteiger partial charge in [0.05, 0.1) is 31.0 Å². The molecule has 2 aliphatic rings. The molecule has 1 aromatic carbocycles. The third-order valence-electron chi connectivity index (χ3n) is 4.98. The molecule has 2 saturated heterocycles. The van der Waals surface area contributed by atoms with E-state index in [2.05, 4.69) is 4.90 Å². The summed E-state index contributed by atoms with van der Waals surface area (Å²) < 4.78 is 11.7. The van der Waals surface area contributed by atoms with Gasteiger partial charge in [-0.15, -0.1) is 0 Å². The lowest BCUT2D eigenvalue weighted by atomic mass is 10.1. The van der Waals surface area contributed by atoms with Crippen LogP contribution in [0.1, 0.15) is 32.4 Å². The summed E-state index contributed by atoms with van der Waals surface area (Å²) in [6, 6.07) is 7.59. The Morgan fingerprint density at radius 1 is 1.16 bits per heavy atom. The zero-order valence-corrected chi connectivity index (χ0v) is 15.9. The Balaban J connectivity index is 1.64. The molecule has 5 nitrogen and oxygen atoms in total. The van der Waals surface area contributed by atoms with E-state index in [1.807, 2.05) is 49.9 Å². The summed E-state index contributed by atoms with van der Waals surface area (Å²) in [7, 11) is 0. The number of halogens is 1. The summed E-state index contributed by atoms with van der Waals surface area (Å²) in [4.78, 5) is 17.1. The maximum absolute atomic E-state index is 12.9. The van der Waals surface area contributed by atoms with Crippen molar-refractivity contribution in [3.05, 3.63) is 34.9 Å². The molecule has 25 heavy (non-hydrogen) atoms. The van der Waals surface area contributed by atoms with Crippen LogP contribution in [-0.2, 0) is 14.3 Å². The van der Waals surface area contributed by atoms with Crippen LogP contribution in [0.5, 0.6) is 0 Å². The summed E-state index contributed by atoms with van der Waals surface area (Å²) in [5, 5.41) is 0.718. The predicted octanol–water partition coefficient (Wildman–Crippen LogP) is 2.74. The molecule has 2 heterocycles. The second-order valence-electron chi connectivity index (χ2n) is 7.08. The van der Waals surface area contributed by atoms with Crippen LogP contribution in [0.2, 0.25) is 5.02 Å². The third kappa shape index (κ3) is 4.53. The molecule has 3 rings (SSSR count). The number of ether oxygens (including phenoxy) is 2. The van der Waals surface area contributed by atoms with Crippen molar-refractivity contribution >= 4 is 17.5 Å². The molecule has 1 aromatic rings. The molecule has 6 heteroatoms. The van der Waals surface area contributed by atoms with Gasteiger partial charge in [0, 0.05) is 31.2 Å². The average Bonchev–Trinajstić information content (AvgIpc) is 2.60. The number of rotatable bonds is 3. The molecule has 0 bridgehead atoms. The van der Waals surface area contributed by atoms with Gasteiger partial charge in [-0.25, -0.2) is 0 Å². The molecule has 0 unspecified atom stereocenters. The quantitative estimate of drug-likeness (QED) is 0.825. The second kappa shape index (κ2) is 8.04. The zero-order valence-electron chi connectivity index (χ0n) is 15.2. The molecule has 0 spiro atoms. The van der Waals surface area contributed by atoms with Crippen molar-refractivity contribution in [2.75, 3.05) is 32.8 Å². The van der Waals surface area contributed by atoms with E-state index < -0.39 is 0 Å². The molecule has 138 valence electrons. The van der Waals surface area contributed by atoms with Crippen molar-refractivity contribution in [2.45, 2.75) is 45.1 Å². The summed E-state index contributed by atoms with van der Waals surface area (Å²) in [6.45, 7) is 9.48. The number of morpholine rings is 2. The molecule has 0 N–H and O–H groups in total.